The number of halogens is 1. The van der Waals surface area contributed by atoms with Crippen LogP contribution in [0.25, 0.3) is 0 Å². The van der Waals surface area contributed by atoms with Gasteiger partial charge in [-0.3, -0.25) is 0 Å². The summed E-state index contributed by atoms with van der Waals surface area (Å²) in [5, 5.41) is 7.03. The fraction of sp³-hybridized carbons (Fsp3) is 0.526. The average Bonchev–Trinajstić information content (AvgIpc) is 3.44. The molecule has 1 N–H and O–H groups in total. The smallest absolute Gasteiger partial charge is 0.318 e. The molecule has 1 aliphatic carbocycles. The normalized spacial score (nSPS) is 20.7. The molecule has 4 rings (SSSR count). The molecule has 1 aliphatic heterocycles. The summed E-state index contributed by atoms with van der Waals surface area (Å²) in [6.07, 6.45) is 6.15. The highest BCUT2D eigenvalue weighted by atomic mass is 19.1. The summed E-state index contributed by atoms with van der Waals surface area (Å²) in [7, 11) is 0. The van der Waals surface area contributed by atoms with Gasteiger partial charge in [0.2, 0.25) is 5.89 Å². The monoisotopic (exact) mass is 358 g/mol. The number of carbonyl (C=O) groups is 1. The molecular formula is C19H23FN4O2. The minimum Gasteiger partial charge on any atom is -0.337 e. The SMILES string of the molecule is O=C(NCc1ccc(F)cc1)N1CCCCCC1c1nc(C2CC2)no1. The zero-order valence-corrected chi connectivity index (χ0v) is 14.7. The molecule has 2 heterocycles. The van der Waals surface area contributed by atoms with Crippen LogP contribution >= 0.6 is 0 Å². The second kappa shape index (κ2) is 7.43. The molecule has 0 spiro atoms. The molecule has 1 aromatic carbocycles. The molecule has 7 heteroatoms. The molecule has 0 radical (unpaired) electrons. The third-order valence-electron chi connectivity index (χ3n) is 5.06. The second-order valence-corrected chi connectivity index (χ2v) is 7.11. The van der Waals surface area contributed by atoms with Gasteiger partial charge in [0.25, 0.3) is 0 Å². The first-order valence-corrected chi connectivity index (χ1v) is 9.33. The lowest BCUT2D eigenvalue weighted by molar-refractivity contribution is 0.158. The summed E-state index contributed by atoms with van der Waals surface area (Å²) in [5.41, 5.74) is 0.861. The van der Waals surface area contributed by atoms with Crippen molar-refractivity contribution in [2.45, 2.75) is 57.0 Å². The number of likely N-dealkylation sites (tertiary alicyclic amines) is 1. The highest BCUT2D eigenvalue weighted by molar-refractivity contribution is 5.74. The number of carbonyl (C=O) groups excluding carboxylic acids is 1. The van der Waals surface area contributed by atoms with Gasteiger partial charge >= 0.3 is 6.03 Å². The number of hydrogen-bond acceptors (Lipinski definition) is 4. The van der Waals surface area contributed by atoms with Gasteiger partial charge in [-0.1, -0.05) is 30.1 Å². The Morgan fingerprint density at radius 2 is 2.00 bits per heavy atom. The second-order valence-electron chi connectivity index (χ2n) is 7.11. The van der Waals surface area contributed by atoms with E-state index in [0.29, 0.717) is 24.9 Å². The molecule has 0 bridgehead atoms. The standard InChI is InChI=1S/C19H23FN4O2/c20-15-9-5-13(6-10-15)12-21-19(25)24-11-3-1-2-4-16(24)18-22-17(23-26-18)14-7-8-14/h5-6,9-10,14,16H,1-4,7-8,11-12H2,(H,21,25). The molecule has 1 aromatic heterocycles. The van der Waals surface area contributed by atoms with Gasteiger partial charge in [0, 0.05) is 19.0 Å². The third kappa shape index (κ3) is 3.86. The predicted octanol–water partition coefficient (Wildman–Crippen LogP) is 3.91. The zero-order chi connectivity index (χ0) is 17.9. The van der Waals surface area contributed by atoms with Crippen molar-refractivity contribution in [1.29, 1.82) is 0 Å². The van der Waals surface area contributed by atoms with E-state index in [0.717, 1.165) is 49.9 Å². The van der Waals surface area contributed by atoms with Crippen molar-refractivity contribution in [2.24, 2.45) is 0 Å². The molecule has 2 aliphatic rings. The van der Waals surface area contributed by atoms with Crippen molar-refractivity contribution in [2.75, 3.05) is 6.54 Å². The summed E-state index contributed by atoms with van der Waals surface area (Å²) in [6, 6.07) is 5.82. The van der Waals surface area contributed by atoms with Crippen molar-refractivity contribution in [3.05, 3.63) is 47.4 Å². The topological polar surface area (TPSA) is 71.3 Å². The number of benzene rings is 1. The van der Waals surface area contributed by atoms with E-state index in [1.54, 1.807) is 17.0 Å². The minimum absolute atomic E-state index is 0.146. The molecule has 1 unspecified atom stereocenters. The van der Waals surface area contributed by atoms with Crippen LogP contribution in [0.3, 0.4) is 0 Å². The van der Waals surface area contributed by atoms with Crippen LogP contribution in [-0.2, 0) is 6.54 Å². The number of rotatable bonds is 4. The van der Waals surface area contributed by atoms with Crippen molar-refractivity contribution in [3.63, 3.8) is 0 Å². The van der Waals surface area contributed by atoms with E-state index >= 15 is 0 Å². The first kappa shape index (κ1) is 17.0. The molecule has 1 saturated carbocycles. The van der Waals surface area contributed by atoms with E-state index in [1.165, 1.54) is 12.1 Å². The summed E-state index contributed by atoms with van der Waals surface area (Å²) in [4.78, 5) is 19.1. The number of nitrogens with one attached hydrogen (secondary N) is 1. The Balaban J connectivity index is 1.45. The Hall–Kier alpha value is -2.44. The Kier molecular flexibility index (Phi) is 4.86. The summed E-state index contributed by atoms with van der Waals surface area (Å²) >= 11 is 0. The van der Waals surface area contributed by atoms with Crippen LogP contribution in [-0.4, -0.2) is 27.6 Å². The van der Waals surface area contributed by atoms with Gasteiger partial charge < -0.3 is 14.7 Å². The van der Waals surface area contributed by atoms with Crippen molar-refractivity contribution in [3.8, 4) is 0 Å². The Labute approximate surface area is 151 Å². The van der Waals surface area contributed by atoms with Gasteiger partial charge in [-0.25, -0.2) is 9.18 Å². The van der Waals surface area contributed by atoms with Gasteiger partial charge in [0.1, 0.15) is 11.9 Å². The van der Waals surface area contributed by atoms with Crippen molar-refractivity contribution in [1.82, 2.24) is 20.4 Å². The van der Waals surface area contributed by atoms with Crippen LogP contribution in [0.2, 0.25) is 0 Å². The molecule has 2 amide bonds. The van der Waals surface area contributed by atoms with Gasteiger partial charge in [0.05, 0.1) is 0 Å². The third-order valence-corrected chi connectivity index (χ3v) is 5.06. The summed E-state index contributed by atoms with van der Waals surface area (Å²) < 4.78 is 18.5. The van der Waals surface area contributed by atoms with E-state index < -0.39 is 0 Å². The van der Waals surface area contributed by atoms with E-state index in [2.05, 4.69) is 15.5 Å². The lowest BCUT2D eigenvalue weighted by Gasteiger charge is -2.27. The molecule has 26 heavy (non-hydrogen) atoms. The molecular weight excluding hydrogens is 335 g/mol. The van der Waals surface area contributed by atoms with Crippen LogP contribution in [0.15, 0.2) is 28.8 Å². The molecule has 6 nitrogen and oxygen atoms in total. The fourth-order valence-corrected chi connectivity index (χ4v) is 3.38. The first-order valence-electron chi connectivity index (χ1n) is 9.33. The lowest BCUT2D eigenvalue weighted by atomic mass is 10.1. The maximum absolute atomic E-state index is 13.0. The van der Waals surface area contributed by atoms with Crippen molar-refractivity contribution < 1.29 is 13.7 Å². The number of hydrogen-bond donors (Lipinski definition) is 1. The minimum atomic E-state index is -0.282. The van der Waals surface area contributed by atoms with Crippen LogP contribution in [0.5, 0.6) is 0 Å². The Morgan fingerprint density at radius 1 is 1.19 bits per heavy atom. The van der Waals surface area contributed by atoms with Crippen LogP contribution in [0, 0.1) is 5.82 Å². The molecule has 1 atom stereocenters. The maximum Gasteiger partial charge on any atom is 0.318 e. The number of urea groups is 1. The van der Waals surface area contributed by atoms with Crippen LogP contribution in [0.1, 0.15) is 67.8 Å². The van der Waals surface area contributed by atoms with Gasteiger partial charge in [-0.15, -0.1) is 0 Å². The number of amides is 2. The predicted molar refractivity (Wildman–Crippen MR) is 92.8 cm³/mol. The fourth-order valence-electron chi connectivity index (χ4n) is 3.38. The number of aromatic nitrogens is 2. The van der Waals surface area contributed by atoms with Gasteiger partial charge in [0.15, 0.2) is 5.82 Å². The molecule has 138 valence electrons. The highest BCUT2D eigenvalue weighted by Crippen LogP contribution is 2.39. The first-order chi connectivity index (χ1) is 12.7. The summed E-state index contributed by atoms with van der Waals surface area (Å²) in [5.74, 6) is 1.47. The lowest BCUT2D eigenvalue weighted by Crippen LogP contribution is -2.42. The van der Waals surface area contributed by atoms with Gasteiger partial charge in [-0.05, 0) is 43.4 Å². The highest BCUT2D eigenvalue weighted by Gasteiger charge is 2.34. The van der Waals surface area contributed by atoms with Crippen LogP contribution < -0.4 is 5.32 Å². The largest absolute Gasteiger partial charge is 0.337 e. The van der Waals surface area contributed by atoms with Gasteiger partial charge in [-0.2, -0.15) is 4.98 Å². The Morgan fingerprint density at radius 3 is 2.77 bits per heavy atom. The molecule has 1 saturated heterocycles. The maximum atomic E-state index is 13.0. The Bertz CT molecular complexity index is 757. The van der Waals surface area contributed by atoms with Crippen LogP contribution in [0.4, 0.5) is 9.18 Å². The average molecular weight is 358 g/mol. The van der Waals surface area contributed by atoms with E-state index in [4.69, 9.17) is 4.52 Å². The number of nitrogens with zero attached hydrogens (tertiary/aromatic N) is 3. The molecule has 2 aromatic rings. The van der Waals surface area contributed by atoms with Crippen molar-refractivity contribution >= 4 is 6.03 Å². The zero-order valence-electron chi connectivity index (χ0n) is 14.7. The molecule has 2 fully saturated rings. The van der Waals surface area contributed by atoms with E-state index in [-0.39, 0.29) is 17.9 Å². The quantitative estimate of drug-likeness (QED) is 0.899. The summed E-state index contributed by atoms with van der Waals surface area (Å²) in [6.45, 7) is 1.03. The van der Waals surface area contributed by atoms with E-state index in [9.17, 15) is 9.18 Å². The van der Waals surface area contributed by atoms with E-state index in [1.807, 2.05) is 0 Å².